The fourth-order valence-corrected chi connectivity index (χ4v) is 15.7. The van der Waals surface area contributed by atoms with Crippen molar-refractivity contribution >= 4 is 12.1 Å². The van der Waals surface area contributed by atoms with E-state index in [1.165, 1.54) is 6.29 Å². The Labute approximate surface area is 342 Å². The van der Waals surface area contributed by atoms with E-state index in [0.29, 0.717) is 41.3 Å². The fourth-order valence-electron chi connectivity index (χ4n) is 15.7. The smallest absolute Gasteiger partial charge is 0.184 e. The predicted octanol–water partition coefficient (Wildman–Crippen LogP) is 11.6. The highest BCUT2D eigenvalue weighted by atomic mass is 16.7. The number of ether oxygens (including phenoxy) is 4. The third kappa shape index (κ3) is 6.10. The van der Waals surface area contributed by atoms with E-state index in [-0.39, 0.29) is 75.5 Å². The van der Waals surface area contributed by atoms with Crippen molar-refractivity contribution in [2.24, 2.45) is 85.8 Å². The molecule has 0 aromatic rings. The van der Waals surface area contributed by atoms with Crippen LogP contribution in [-0.4, -0.2) is 49.1 Å². The molecule has 6 nitrogen and oxygen atoms in total. The van der Waals surface area contributed by atoms with Crippen LogP contribution >= 0.6 is 0 Å². The van der Waals surface area contributed by atoms with Crippen LogP contribution in [0.25, 0.3) is 0 Å². The maximum Gasteiger partial charge on any atom is 0.184 e. The van der Waals surface area contributed by atoms with Crippen LogP contribution in [0.5, 0.6) is 0 Å². The summed E-state index contributed by atoms with van der Waals surface area (Å²) in [6, 6.07) is 0. The lowest BCUT2D eigenvalue weighted by atomic mass is 9.32. The molecule has 0 aromatic carbocycles. The number of rotatable bonds is 7. The molecule has 0 bridgehead atoms. The molecule has 6 heteroatoms. The van der Waals surface area contributed by atoms with E-state index >= 15 is 0 Å². The van der Waals surface area contributed by atoms with Crippen LogP contribution in [0.2, 0.25) is 0 Å². The summed E-state index contributed by atoms with van der Waals surface area (Å²) >= 11 is 0. The standard InChI is InChI=1S/C50H82O6/c1-16-38-31(5)29(3)33(7)43(54-38)56-42-32(6)30(4)34(8)53-44(42)55-41-20-21-46(12)39(47(41,13)27-51)19-22-48(14)40(46)18-17-36-37-26-45(10,11)23-24-50(37,35(9)52)28(2)25-49(36,48)15/h17,27-34,37-44H,16,18-26H2,1-15H3/t28?,29-,30-,31+,32-,33?,34?,37?,38?,39+,40?,41-,42?,43-,44-,46?,47+,48?,49+,50+/m0/s1. The van der Waals surface area contributed by atoms with Gasteiger partial charge < -0.3 is 23.7 Å². The van der Waals surface area contributed by atoms with Gasteiger partial charge in [-0.3, -0.25) is 4.79 Å². The molecule has 2 heterocycles. The van der Waals surface area contributed by atoms with Gasteiger partial charge in [-0.15, -0.1) is 0 Å². The average molecular weight is 779 g/mol. The molecule has 2 aliphatic heterocycles. The van der Waals surface area contributed by atoms with Gasteiger partial charge in [-0.2, -0.15) is 0 Å². The maximum atomic E-state index is 13.8. The van der Waals surface area contributed by atoms with E-state index < -0.39 is 11.7 Å². The van der Waals surface area contributed by atoms with Crippen molar-refractivity contribution in [1.82, 2.24) is 0 Å². The molecule has 4 saturated carbocycles. The Hall–Kier alpha value is -1.08. The summed E-state index contributed by atoms with van der Waals surface area (Å²) in [4.78, 5) is 27.5. The fraction of sp³-hybridized carbons (Fsp3) is 0.920. The number of ketones is 1. The Kier molecular flexibility index (Phi) is 11.2. The van der Waals surface area contributed by atoms with Crippen molar-refractivity contribution in [3.8, 4) is 0 Å². The summed E-state index contributed by atoms with van der Waals surface area (Å²) in [6.07, 6.45) is 13.0. The predicted molar refractivity (Wildman–Crippen MR) is 224 cm³/mol. The third-order valence-electron chi connectivity index (χ3n) is 20.3. The van der Waals surface area contributed by atoms with Crippen LogP contribution in [0, 0.1) is 85.8 Å². The van der Waals surface area contributed by atoms with Crippen molar-refractivity contribution in [1.29, 1.82) is 0 Å². The van der Waals surface area contributed by atoms with Crippen molar-refractivity contribution in [2.75, 3.05) is 0 Å². The summed E-state index contributed by atoms with van der Waals surface area (Å²) in [5, 5.41) is 0. The van der Waals surface area contributed by atoms with E-state index in [9.17, 15) is 9.59 Å². The van der Waals surface area contributed by atoms with Crippen LogP contribution < -0.4 is 0 Å². The van der Waals surface area contributed by atoms with Gasteiger partial charge in [0.05, 0.1) is 23.7 Å². The number of allylic oxidation sites excluding steroid dienone is 2. The van der Waals surface area contributed by atoms with E-state index in [4.69, 9.17) is 18.9 Å². The van der Waals surface area contributed by atoms with Gasteiger partial charge >= 0.3 is 0 Å². The first-order chi connectivity index (χ1) is 26.1. The SMILES string of the molecule is CCC1O[C@@H](OC2[C@H](O[C@H]3CCC4(C)C5CC=C6C7CC(C)(C)CC[C@]7(C(C)=O)C(C)C[C@@]6(C)C5(C)CC[C@H]4[C@@]3(C)C=O)OC(C)[C@@H](C)[C@@H]2C)C(C)[C@@H](C)[C@H]1C. The molecule has 5 aliphatic carbocycles. The van der Waals surface area contributed by atoms with Crippen molar-refractivity contribution in [2.45, 2.75) is 205 Å². The molecule has 318 valence electrons. The summed E-state index contributed by atoms with van der Waals surface area (Å²) in [6.45, 7) is 35.0. The molecular weight excluding hydrogens is 697 g/mol. The van der Waals surface area contributed by atoms with E-state index in [0.717, 1.165) is 64.2 Å². The number of fused-ring (bicyclic) bond motifs is 7. The number of hydrogen-bond acceptors (Lipinski definition) is 6. The van der Waals surface area contributed by atoms with E-state index in [2.05, 4.69) is 103 Å². The molecule has 6 fully saturated rings. The van der Waals surface area contributed by atoms with Gasteiger partial charge in [-0.25, -0.2) is 0 Å². The monoisotopic (exact) mass is 779 g/mol. The number of aldehydes is 1. The molecule has 20 atom stereocenters. The van der Waals surface area contributed by atoms with Gasteiger partial charge in [0.15, 0.2) is 12.6 Å². The minimum Gasteiger partial charge on any atom is -0.349 e. The van der Waals surface area contributed by atoms with E-state index in [1.54, 1.807) is 5.57 Å². The second-order valence-corrected chi connectivity index (χ2v) is 23.1. The Morgan fingerprint density at radius 1 is 0.786 bits per heavy atom. The van der Waals surface area contributed by atoms with Gasteiger partial charge in [0.25, 0.3) is 0 Å². The van der Waals surface area contributed by atoms with Crippen LogP contribution in [0.3, 0.4) is 0 Å². The lowest BCUT2D eigenvalue weighted by Crippen LogP contribution is -2.67. The zero-order chi connectivity index (χ0) is 41.1. The van der Waals surface area contributed by atoms with Crippen LogP contribution in [0.4, 0.5) is 0 Å². The summed E-state index contributed by atoms with van der Waals surface area (Å²) < 4.78 is 27.7. The van der Waals surface area contributed by atoms with Gasteiger partial charge in [-0.1, -0.05) is 102 Å². The topological polar surface area (TPSA) is 71.1 Å². The molecule has 7 aliphatic rings. The minimum atomic E-state index is -0.647. The molecule has 2 saturated heterocycles. The number of carbonyl (C=O) groups excluding carboxylic acids is 2. The Bertz CT molecular complexity index is 1530. The number of hydrogen-bond donors (Lipinski definition) is 0. The first-order valence-electron chi connectivity index (χ1n) is 23.4. The van der Waals surface area contributed by atoms with Crippen LogP contribution in [-0.2, 0) is 28.5 Å². The molecule has 0 N–H and O–H groups in total. The van der Waals surface area contributed by atoms with Crippen molar-refractivity contribution in [3.63, 3.8) is 0 Å². The first kappa shape index (κ1) is 43.0. The van der Waals surface area contributed by atoms with Crippen LogP contribution in [0.1, 0.15) is 168 Å². The highest BCUT2D eigenvalue weighted by Gasteiger charge is 2.71. The highest BCUT2D eigenvalue weighted by molar-refractivity contribution is 5.84. The Morgan fingerprint density at radius 2 is 1.48 bits per heavy atom. The lowest BCUT2D eigenvalue weighted by Gasteiger charge is -2.72. The second kappa shape index (κ2) is 14.5. The third-order valence-corrected chi connectivity index (χ3v) is 20.3. The Balaban J connectivity index is 1.17. The van der Waals surface area contributed by atoms with Crippen molar-refractivity contribution < 1.29 is 28.5 Å². The summed E-state index contributed by atoms with van der Waals surface area (Å²) in [5.74, 6) is 3.49. The molecule has 0 spiro atoms. The zero-order valence-corrected chi connectivity index (χ0v) is 38.3. The lowest BCUT2D eigenvalue weighted by molar-refractivity contribution is -0.350. The second-order valence-electron chi connectivity index (χ2n) is 23.1. The first-order valence-corrected chi connectivity index (χ1v) is 23.4. The molecule has 0 aromatic heterocycles. The van der Waals surface area contributed by atoms with Crippen LogP contribution in [0.15, 0.2) is 11.6 Å². The quantitative estimate of drug-likeness (QED) is 0.146. The van der Waals surface area contributed by atoms with Gasteiger partial charge in [0.2, 0.25) is 0 Å². The largest absolute Gasteiger partial charge is 0.349 e. The minimum absolute atomic E-state index is 0.0104. The summed E-state index contributed by atoms with van der Waals surface area (Å²) in [5.41, 5.74) is 1.07. The molecule has 7 rings (SSSR count). The molecule has 56 heavy (non-hydrogen) atoms. The maximum absolute atomic E-state index is 13.8. The van der Waals surface area contributed by atoms with Gasteiger partial charge in [-0.05, 0) is 147 Å². The normalized spacial score (nSPS) is 55.4. The molecule has 0 radical (unpaired) electrons. The van der Waals surface area contributed by atoms with Gasteiger partial charge in [0.1, 0.15) is 18.2 Å². The van der Waals surface area contributed by atoms with E-state index in [1.807, 2.05) is 6.92 Å². The number of Topliss-reactive ketones (excluding diaryl/α,β-unsaturated/α-hetero) is 1. The average Bonchev–Trinajstić information content (AvgIpc) is 3.13. The Morgan fingerprint density at radius 3 is 2.12 bits per heavy atom. The zero-order valence-electron chi connectivity index (χ0n) is 38.3. The molecule has 0 amide bonds. The molecular formula is C50H82O6. The summed E-state index contributed by atoms with van der Waals surface area (Å²) in [7, 11) is 0. The number of carbonyl (C=O) groups is 2. The van der Waals surface area contributed by atoms with Gasteiger partial charge in [0, 0.05) is 11.3 Å². The van der Waals surface area contributed by atoms with Crippen molar-refractivity contribution in [3.05, 3.63) is 11.6 Å². The highest BCUT2D eigenvalue weighted by Crippen LogP contribution is 2.76. The molecule has 9 unspecified atom stereocenters.